The Balaban J connectivity index is 1.79. The van der Waals surface area contributed by atoms with E-state index in [1.807, 2.05) is 6.92 Å². The molecule has 2 aromatic heterocycles. The highest BCUT2D eigenvalue weighted by Gasteiger charge is 2.39. The van der Waals surface area contributed by atoms with Crippen molar-refractivity contribution in [2.24, 2.45) is 0 Å². The van der Waals surface area contributed by atoms with Crippen molar-refractivity contribution in [2.75, 3.05) is 11.9 Å². The molecule has 2 fully saturated rings. The molecule has 8 nitrogen and oxygen atoms in total. The number of carbonyl (C=O) groups excluding carboxylic acids is 2. The zero-order valence-electron chi connectivity index (χ0n) is 20.6. The van der Waals surface area contributed by atoms with Crippen LogP contribution in [0.15, 0.2) is 12.3 Å². The van der Waals surface area contributed by atoms with Gasteiger partial charge in [-0.25, -0.2) is 9.97 Å². The lowest BCUT2D eigenvalue weighted by Crippen LogP contribution is -2.46. The molecule has 196 valence electrons. The molecule has 1 aliphatic carbocycles. The van der Waals surface area contributed by atoms with Gasteiger partial charge in [0.2, 0.25) is 0 Å². The summed E-state index contributed by atoms with van der Waals surface area (Å²) in [4.78, 5) is 36.2. The number of anilines is 1. The van der Waals surface area contributed by atoms with Gasteiger partial charge in [-0.3, -0.25) is 9.59 Å². The van der Waals surface area contributed by atoms with E-state index in [0.29, 0.717) is 19.4 Å². The van der Waals surface area contributed by atoms with Gasteiger partial charge in [-0.05, 0) is 59.4 Å². The average molecular weight is 526 g/mol. The molecular formula is C24H30F3N5O3S. The van der Waals surface area contributed by atoms with Crippen LogP contribution in [0, 0.1) is 0 Å². The smallest absolute Gasteiger partial charge is 0.393 e. The van der Waals surface area contributed by atoms with Crippen LogP contribution in [0.1, 0.15) is 79.2 Å². The molecule has 1 saturated heterocycles. The van der Waals surface area contributed by atoms with E-state index in [1.165, 1.54) is 0 Å². The lowest BCUT2D eigenvalue weighted by Gasteiger charge is -2.31. The first kappa shape index (κ1) is 26.3. The summed E-state index contributed by atoms with van der Waals surface area (Å²) in [7, 11) is 0. The molecule has 1 saturated carbocycles. The predicted octanol–water partition coefficient (Wildman–Crippen LogP) is 4.31. The van der Waals surface area contributed by atoms with Gasteiger partial charge in [0, 0.05) is 35.9 Å². The van der Waals surface area contributed by atoms with Crippen LogP contribution in [0.5, 0.6) is 0 Å². The van der Waals surface area contributed by atoms with Crippen molar-refractivity contribution in [1.82, 2.24) is 20.2 Å². The van der Waals surface area contributed by atoms with Crippen LogP contribution in [0.2, 0.25) is 0 Å². The third-order valence-corrected chi connectivity index (χ3v) is 7.33. The molecule has 12 heteroatoms. The van der Waals surface area contributed by atoms with Crippen molar-refractivity contribution in [3.8, 4) is 10.4 Å². The molecule has 2 aliphatic rings. The minimum atomic E-state index is -4.73. The normalized spacial score (nSPS) is 22.3. The lowest BCUT2D eigenvalue weighted by atomic mass is 9.89. The predicted molar refractivity (Wildman–Crippen MR) is 130 cm³/mol. The van der Waals surface area contributed by atoms with E-state index in [-0.39, 0.29) is 39.0 Å². The van der Waals surface area contributed by atoms with Crippen LogP contribution in [-0.2, 0) is 6.18 Å². The lowest BCUT2D eigenvalue weighted by molar-refractivity contribution is -0.137. The number of alkyl halides is 3. The zero-order chi connectivity index (χ0) is 26.4. The SMILES string of the molecule is C[C@H]1CCCN1C(=O)c1nc(C(=O)N[C@H]2C[C@H](O)C2)sc1-c1cnc(NC(C)(C)C)cc1C(F)(F)F. The van der Waals surface area contributed by atoms with Crippen molar-refractivity contribution >= 4 is 29.0 Å². The van der Waals surface area contributed by atoms with Crippen molar-refractivity contribution in [3.05, 3.63) is 28.5 Å². The highest BCUT2D eigenvalue weighted by molar-refractivity contribution is 7.17. The molecule has 0 radical (unpaired) electrons. The molecule has 3 N–H and O–H groups in total. The Hall–Kier alpha value is -2.73. The highest BCUT2D eigenvalue weighted by atomic mass is 32.1. The summed E-state index contributed by atoms with van der Waals surface area (Å²) in [5, 5.41) is 15.0. The Kier molecular flexibility index (Phi) is 7.04. The second kappa shape index (κ2) is 9.62. The number of aliphatic hydroxyl groups is 1. The minimum Gasteiger partial charge on any atom is -0.393 e. The van der Waals surface area contributed by atoms with Gasteiger partial charge in [0.15, 0.2) is 5.01 Å². The van der Waals surface area contributed by atoms with Gasteiger partial charge >= 0.3 is 6.18 Å². The molecule has 0 bridgehead atoms. The van der Waals surface area contributed by atoms with E-state index in [2.05, 4.69) is 20.6 Å². The van der Waals surface area contributed by atoms with E-state index >= 15 is 0 Å². The van der Waals surface area contributed by atoms with Crippen molar-refractivity contribution in [2.45, 2.75) is 83.3 Å². The standard InChI is InChI=1S/C24H30F3N5O3S/c1-12-6-5-7-32(12)22(35)18-19(36-21(30-18)20(34)29-13-8-14(33)9-13)15-11-28-17(31-23(2,3)4)10-16(15)24(25,26)27/h10-14,33H,5-9H2,1-4H3,(H,28,31)(H,29,34)/t12-,13-,14-/m0/s1. The zero-order valence-corrected chi connectivity index (χ0v) is 21.4. The molecule has 1 atom stereocenters. The van der Waals surface area contributed by atoms with Crippen LogP contribution >= 0.6 is 11.3 Å². The summed E-state index contributed by atoms with van der Waals surface area (Å²) in [6.45, 7) is 7.76. The fourth-order valence-corrected chi connectivity index (χ4v) is 5.38. The third-order valence-electron chi connectivity index (χ3n) is 6.24. The first-order valence-electron chi connectivity index (χ1n) is 11.9. The second-order valence-electron chi connectivity index (χ2n) is 10.5. The number of halogens is 3. The molecule has 0 unspecified atom stereocenters. The number of carbonyl (C=O) groups is 2. The molecule has 0 aromatic carbocycles. The molecule has 2 aromatic rings. The fourth-order valence-electron chi connectivity index (χ4n) is 4.39. The summed E-state index contributed by atoms with van der Waals surface area (Å²) < 4.78 is 42.6. The van der Waals surface area contributed by atoms with Crippen LogP contribution in [0.3, 0.4) is 0 Å². The van der Waals surface area contributed by atoms with E-state index < -0.39 is 35.2 Å². The molecular weight excluding hydrogens is 495 g/mol. The van der Waals surface area contributed by atoms with Gasteiger partial charge < -0.3 is 20.6 Å². The summed E-state index contributed by atoms with van der Waals surface area (Å²) in [5.41, 5.74) is -1.97. The molecule has 1 aliphatic heterocycles. The third kappa shape index (κ3) is 5.64. The average Bonchev–Trinajstić information content (AvgIpc) is 3.37. The maximum absolute atomic E-state index is 14.2. The number of rotatable bonds is 5. The minimum absolute atomic E-state index is 0.0416. The maximum Gasteiger partial charge on any atom is 0.417 e. The van der Waals surface area contributed by atoms with E-state index in [0.717, 1.165) is 36.4 Å². The van der Waals surface area contributed by atoms with Crippen molar-refractivity contribution in [1.29, 1.82) is 0 Å². The van der Waals surface area contributed by atoms with Gasteiger partial charge in [-0.1, -0.05) is 0 Å². The first-order valence-corrected chi connectivity index (χ1v) is 12.7. The number of thiazole rings is 1. The van der Waals surface area contributed by atoms with Gasteiger partial charge in [0.25, 0.3) is 11.8 Å². The Labute approximate surface area is 211 Å². The monoisotopic (exact) mass is 525 g/mol. The van der Waals surface area contributed by atoms with E-state index in [4.69, 9.17) is 0 Å². The van der Waals surface area contributed by atoms with Gasteiger partial charge in [-0.15, -0.1) is 11.3 Å². The summed E-state index contributed by atoms with van der Waals surface area (Å²) in [6.07, 6.45) is -1.79. The van der Waals surface area contributed by atoms with Crippen molar-refractivity contribution < 1.29 is 27.9 Å². The first-order chi connectivity index (χ1) is 16.7. The second-order valence-corrected chi connectivity index (χ2v) is 11.5. The maximum atomic E-state index is 14.2. The van der Waals surface area contributed by atoms with Crippen LogP contribution in [0.25, 0.3) is 10.4 Å². The Morgan fingerprint density at radius 1 is 1.22 bits per heavy atom. The Morgan fingerprint density at radius 2 is 1.92 bits per heavy atom. The number of nitrogens with zero attached hydrogens (tertiary/aromatic N) is 3. The van der Waals surface area contributed by atoms with Gasteiger partial charge in [0.1, 0.15) is 11.5 Å². The number of nitrogens with one attached hydrogen (secondary N) is 2. The number of amides is 2. The highest BCUT2D eigenvalue weighted by Crippen LogP contribution is 2.42. The molecule has 2 amide bonds. The van der Waals surface area contributed by atoms with Crippen LogP contribution in [0.4, 0.5) is 19.0 Å². The number of hydrogen-bond donors (Lipinski definition) is 3. The molecule has 36 heavy (non-hydrogen) atoms. The van der Waals surface area contributed by atoms with E-state index in [9.17, 15) is 27.9 Å². The number of pyridine rings is 1. The van der Waals surface area contributed by atoms with E-state index in [1.54, 1.807) is 25.7 Å². The topological polar surface area (TPSA) is 107 Å². The molecule has 0 spiro atoms. The molecule has 3 heterocycles. The Bertz CT molecular complexity index is 1150. The number of hydrogen-bond acceptors (Lipinski definition) is 7. The summed E-state index contributed by atoms with van der Waals surface area (Å²) in [5.74, 6) is -1.04. The fraction of sp³-hybridized carbons (Fsp3) is 0.583. The number of aromatic nitrogens is 2. The van der Waals surface area contributed by atoms with Crippen LogP contribution in [-0.4, -0.2) is 62.1 Å². The molecule has 4 rings (SSSR count). The largest absolute Gasteiger partial charge is 0.417 e. The summed E-state index contributed by atoms with van der Waals surface area (Å²) >= 11 is 0.742. The van der Waals surface area contributed by atoms with Gasteiger partial charge in [0.05, 0.1) is 16.5 Å². The Morgan fingerprint density at radius 3 is 2.47 bits per heavy atom. The van der Waals surface area contributed by atoms with Crippen LogP contribution < -0.4 is 10.6 Å². The van der Waals surface area contributed by atoms with Gasteiger partial charge in [-0.2, -0.15) is 13.2 Å². The summed E-state index contributed by atoms with van der Waals surface area (Å²) in [6, 6.07) is 0.592. The quantitative estimate of drug-likeness (QED) is 0.537. The number of likely N-dealkylation sites (tertiary alicyclic amines) is 1. The van der Waals surface area contributed by atoms with Crippen molar-refractivity contribution in [3.63, 3.8) is 0 Å². The number of aliphatic hydroxyl groups excluding tert-OH is 1.